The Hall–Kier alpha value is -4.63. The number of ketones is 1. The standard InChI is InChI=1S/C45H62N2O12/c1-21-14-12-15-22(2)44(55)46-35-30(20-47-23(3)16-13-17-24(47)4)39(52)32-33(40(35)53)38(51)28(8)42-34(32)43(54)45(10,59-42)57-19-18-31(56-11)25(5)41(58-29(9)48)27(7)37(50)26(6)36(21)49/h12,14-15,18-19,21,23-27,31,36-37,41,49-53H,13,16-17,20H2,1-11H3,(H,46,55)/b14-12+,19-18+,22-15-/t21-,23?,24?,25-,26+,27-,31-,36-,37+,41+,45-/m0/s1. The molecule has 6 rings (SSSR count). The van der Waals surface area contributed by atoms with Crippen LogP contribution in [-0.4, -0.2) is 97.5 Å². The molecule has 1 saturated heterocycles. The number of rotatable bonds is 4. The number of aromatic hydroxyl groups is 3. The first-order valence-electron chi connectivity index (χ1n) is 20.5. The number of methoxy groups -OCH3 is 1. The van der Waals surface area contributed by atoms with Crippen molar-refractivity contribution >= 4 is 34.1 Å². The number of likely N-dealkylation sites (tertiary alicyclic amines) is 1. The number of anilines is 1. The fraction of sp³-hybridized carbons (Fsp3) is 0.578. The molecule has 6 N–H and O–H groups in total. The topological polar surface area (TPSA) is 205 Å². The van der Waals surface area contributed by atoms with Gasteiger partial charge >= 0.3 is 11.8 Å². The number of aliphatic hydroxyl groups excluding tert-OH is 2. The lowest BCUT2D eigenvalue weighted by Gasteiger charge is -2.39. The van der Waals surface area contributed by atoms with E-state index in [4.69, 9.17) is 18.9 Å². The maximum atomic E-state index is 14.5. The van der Waals surface area contributed by atoms with Crippen molar-refractivity contribution in [2.75, 3.05) is 12.4 Å². The first-order chi connectivity index (χ1) is 27.7. The Kier molecular flexibility index (Phi) is 13.8. The predicted molar refractivity (Wildman–Crippen MR) is 222 cm³/mol. The number of piperidine rings is 1. The summed E-state index contributed by atoms with van der Waals surface area (Å²) in [5, 5.41) is 61.3. The van der Waals surface area contributed by atoms with Crippen molar-refractivity contribution in [3.8, 4) is 23.0 Å². The number of amides is 1. The van der Waals surface area contributed by atoms with Gasteiger partial charge in [-0.15, -0.1) is 0 Å². The molecule has 0 spiro atoms. The summed E-state index contributed by atoms with van der Waals surface area (Å²) in [7, 11) is 1.45. The molecule has 0 radical (unpaired) electrons. The molecule has 14 heteroatoms. The summed E-state index contributed by atoms with van der Waals surface area (Å²) in [6.45, 7) is 16.9. The number of allylic oxidation sites excluding steroid dienone is 2. The molecule has 1 amide bonds. The van der Waals surface area contributed by atoms with E-state index in [0.717, 1.165) is 19.3 Å². The van der Waals surface area contributed by atoms with Gasteiger partial charge in [0.1, 0.15) is 23.4 Å². The highest BCUT2D eigenvalue weighted by Gasteiger charge is 2.50. The van der Waals surface area contributed by atoms with E-state index in [1.165, 1.54) is 46.3 Å². The van der Waals surface area contributed by atoms with E-state index in [9.17, 15) is 39.9 Å². The van der Waals surface area contributed by atoms with E-state index in [-0.39, 0.29) is 63.1 Å². The average Bonchev–Trinajstić information content (AvgIpc) is 3.45. The van der Waals surface area contributed by atoms with Crippen LogP contribution in [0.15, 0.2) is 36.1 Å². The van der Waals surface area contributed by atoms with Gasteiger partial charge in [0.2, 0.25) is 0 Å². The van der Waals surface area contributed by atoms with Gasteiger partial charge in [-0.2, -0.15) is 0 Å². The fourth-order valence-electron chi connectivity index (χ4n) is 8.91. The summed E-state index contributed by atoms with van der Waals surface area (Å²) < 4.78 is 23.7. The van der Waals surface area contributed by atoms with Crippen LogP contribution in [0, 0.1) is 30.6 Å². The molecule has 1 fully saturated rings. The number of nitrogens with zero attached hydrogens (tertiary/aromatic N) is 1. The minimum absolute atomic E-state index is 0.0518. The number of phenolic OH excluding ortho intramolecular Hbond substituents is 3. The monoisotopic (exact) mass is 822 g/mol. The Morgan fingerprint density at radius 3 is 2.17 bits per heavy atom. The zero-order valence-electron chi connectivity index (χ0n) is 36.0. The zero-order chi connectivity index (χ0) is 43.8. The van der Waals surface area contributed by atoms with Crippen LogP contribution in [-0.2, 0) is 30.3 Å². The molecule has 5 bridgehead atoms. The van der Waals surface area contributed by atoms with Crippen LogP contribution in [0.25, 0.3) is 10.8 Å². The number of carbonyl (C=O) groups excluding carboxylic acids is 3. The first-order valence-corrected chi connectivity index (χ1v) is 20.5. The Balaban J connectivity index is 1.72. The summed E-state index contributed by atoms with van der Waals surface area (Å²) in [6, 6.07) is 0.175. The van der Waals surface area contributed by atoms with E-state index in [1.54, 1.807) is 46.8 Å². The van der Waals surface area contributed by atoms with Gasteiger partial charge in [-0.1, -0.05) is 52.3 Å². The van der Waals surface area contributed by atoms with Gasteiger partial charge < -0.3 is 49.8 Å². The lowest BCUT2D eigenvalue weighted by Crippen LogP contribution is -2.46. The number of aliphatic hydroxyl groups is 2. The minimum atomic E-state index is -2.01. The zero-order valence-corrected chi connectivity index (χ0v) is 36.0. The van der Waals surface area contributed by atoms with Gasteiger partial charge in [-0.05, 0) is 46.6 Å². The Morgan fingerprint density at radius 1 is 0.915 bits per heavy atom. The fourth-order valence-corrected chi connectivity index (χ4v) is 8.91. The van der Waals surface area contributed by atoms with Crippen LogP contribution < -0.4 is 10.1 Å². The summed E-state index contributed by atoms with van der Waals surface area (Å²) in [5.41, 5.74) is 0.216. The molecular formula is C45H62N2O12. The Morgan fingerprint density at radius 2 is 1.56 bits per heavy atom. The molecule has 2 unspecified atom stereocenters. The van der Waals surface area contributed by atoms with Gasteiger partial charge in [-0.25, -0.2) is 0 Å². The van der Waals surface area contributed by atoms with E-state index < -0.39 is 88.8 Å². The molecule has 324 valence electrons. The number of Topliss-reactive ketones (excluding diaryl/α,β-unsaturated/α-hetero) is 1. The van der Waals surface area contributed by atoms with Gasteiger partial charge in [-0.3, -0.25) is 19.3 Å². The van der Waals surface area contributed by atoms with E-state index in [0.29, 0.717) is 0 Å². The molecule has 0 aromatic heterocycles. The predicted octanol–water partition coefficient (Wildman–Crippen LogP) is 6.52. The lowest BCUT2D eigenvalue weighted by molar-refractivity contribution is -0.160. The summed E-state index contributed by atoms with van der Waals surface area (Å²) in [6.07, 6.45) is 6.55. The second kappa shape index (κ2) is 17.9. The van der Waals surface area contributed by atoms with Gasteiger partial charge in [0, 0.05) is 85.3 Å². The molecule has 4 aliphatic heterocycles. The SMILES string of the molecule is CO[C@H]1/C=C/O[C@@]2(C)Oc3c(C)c(O)c4c(O)c(c(CN5C(C)CCCC5C)c(O)c4c3C2=O)NC(=O)/C(C)=C\C=C\[C@H](C)[C@H](O)[C@@H](C)[C@@H](O)[C@H](C)[C@H](OC(C)=O)[C@H]1C. The number of ether oxygens (including phenoxy) is 4. The van der Waals surface area contributed by atoms with E-state index in [2.05, 4.69) is 24.1 Å². The van der Waals surface area contributed by atoms with Crippen LogP contribution in [0.1, 0.15) is 103 Å². The van der Waals surface area contributed by atoms with Crippen LogP contribution in [0.5, 0.6) is 23.0 Å². The highest BCUT2D eigenvalue weighted by Crippen LogP contribution is 2.55. The molecule has 0 aliphatic carbocycles. The number of fused-ring (bicyclic) bond motifs is 14. The maximum absolute atomic E-state index is 14.5. The van der Waals surface area contributed by atoms with Gasteiger partial charge in [0.25, 0.3) is 11.7 Å². The molecule has 4 aliphatic rings. The van der Waals surface area contributed by atoms with Crippen molar-refractivity contribution in [3.05, 3.63) is 52.8 Å². The molecule has 0 saturated carbocycles. The van der Waals surface area contributed by atoms with Crippen molar-refractivity contribution in [2.24, 2.45) is 23.7 Å². The van der Waals surface area contributed by atoms with E-state index >= 15 is 0 Å². The molecule has 2 aromatic rings. The molecule has 11 atom stereocenters. The van der Waals surface area contributed by atoms with Crippen LogP contribution >= 0.6 is 0 Å². The van der Waals surface area contributed by atoms with Crippen molar-refractivity contribution in [2.45, 2.75) is 137 Å². The smallest absolute Gasteiger partial charge is 0.312 e. The number of phenols is 3. The van der Waals surface area contributed by atoms with E-state index in [1.807, 2.05) is 0 Å². The first kappa shape index (κ1) is 45.5. The highest BCUT2D eigenvalue weighted by molar-refractivity contribution is 6.22. The van der Waals surface area contributed by atoms with Crippen molar-refractivity contribution < 1.29 is 58.9 Å². The normalized spacial score (nSPS) is 34.4. The molecule has 2 aromatic carbocycles. The van der Waals surface area contributed by atoms with Gasteiger partial charge in [0.15, 0.2) is 5.75 Å². The van der Waals surface area contributed by atoms with Crippen molar-refractivity contribution in [1.82, 2.24) is 4.90 Å². The lowest BCUT2D eigenvalue weighted by atomic mass is 9.78. The van der Waals surface area contributed by atoms with Crippen LogP contribution in [0.3, 0.4) is 0 Å². The molecule has 59 heavy (non-hydrogen) atoms. The third kappa shape index (κ3) is 8.68. The second-order valence-corrected chi connectivity index (χ2v) is 17.0. The van der Waals surface area contributed by atoms with Gasteiger partial charge in [0.05, 0.1) is 41.2 Å². The summed E-state index contributed by atoms with van der Waals surface area (Å²) >= 11 is 0. The summed E-state index contributed by atoms with van der Waals surface area (Å²) in [4.78, 5) is 42.9. The molecule has 4 heterocycles. The summed E-state index contributed by atoms with van der Waals surface area (Å²) in [5.74, 6) is -7.82. The number of hydrogen-bond donors (Lipinski definition) is 6. The second-order valence-electron chi connectivity index (χ2n) is 17.0. The maximum Gasteiger partial charge on any atom is 0.312 e. The third-order valence-corrected chi connectivity index (χ3v) is 12.8. The average molecular weight is 823 g/mol. The number of benzene rings is 2. The number of carbonyl (C=O) groups is 3. The third-order valence-electron chi connectivity index (χ3n) is 12.8. The van der Waals surface area contributed by atoms with Crippen LogP contribution in [0.4, 0.5) is 5.69 Å². The van der Waals surface area contributed by atoms with Crippen molar-refractivity contribution in [1.29, 1.82) is 0 Å². The Bertz CT molecular complexity index is 2030. The molecule has 14 nitrogen and oxygen atoms in total. The highest BCUT2D eigenvalue weighted by atomic mass is 16.7. The Labute approximate surface area is 346 Å². The number of esters is 1. The number of hydrogen-bond acceptors (Lipinski definition) is 13. The van der Waals surface area contributed by atoms with Crippen LogP contribution in [0.2, 0.25) is 0 Å². The quantitative estimate of drug-likeness (QED) is 0.111. The number of nitrogens with one attached hydrogen (secondary N) is 1. The largest absolute Gasteiger partial charge is 0.507 e. The van der Waals surface area contributed by atoms with Crippen molar-refractivity contribution in [3.63, 3.8) is 0 Å². The molecular weight excluding hydrogens is 760 g/mol. The minimum Gasteiger partial charge on any atom is -0.507 e.